The van der Waals surface area contributed by atoms with Crippen LogP contribution >= 0.6 is 0 Å². The highest BCUT2D eigenvalue weighted by atomic mass is 16.5. The topological polar surface area (TPSA) is 38.7 Å². The van der Waals surface area contributed by atoms with E-state index in [4.69, 9.17) is 14.6 Å². The van der Waals surface area contributed by atoms with E-state index in [1.807, 2.05) is 0 Å². The fraction of sp³-hybridized carbons (Fsp3) is 0.833. The molecule has 0 heterocycles. The Morgan fingerprint density at radius 1 is 1.13 bits per heavy atom. The summed E-state index contributed by atoms with van der Waals surface area (Å²) < 4.78 is 10.7. The SMILES string of the molecule is OCCOCCOC1C#CCCCCC1. The third-order valence-electron chi connectivity index (χ3n) is 2.31. The van der Waals surface area contributed by atoms with Crippen LogP contribution in [0.25, 0.3) is 0 Å². The van der Waals surface area contributed by atoms with E-state index < -0.39 is 0 Å². The smallest absolute Gasteiger partial charge is 0.118 e. The summed E-state index contributed by atoms with van der Waals surface area (Å²) in [5.41, 5.74) is 0. The molecule has 3 nitrogen and oxygen atoms in total. The Hall–Kier alpha value is -0.560. The van der Waals surface area contributed by atoms with Gasteiger partial charge in [0.1, 0.15) is 6.10 Å². The van der Waals surface area contributed by atoms with Crippen molar-refractivity contribution in [2.75, 3.05) is 26.4 Å². The lowest BCUT2D eigenvalue weighted by Gasteiger charge is -2.13. The van der Waals surface area contributed by atoms with E-state index >= 15 is 0 Å². The summed E-state index contributed by atoms with van der Waals surface area (Å²) >= 11 is 0. The average molecular weight is 212 g/mol. The predicted molar refractivity (Wildman–Crippen MR) is 58.5 cm³/mol. The van der Waals surface area contributed by atoms with Crippen molar-refractivity contribution in [3.8, 4) is 11.8 Å². The second-order valence-corrected chi connectivity index (χ2v) is 3.62. The number of hydrogen-bond donors (Lipinski definition) is 1. The molecule has 0 aromatic carbocycles. The minimum absolute atomic E-state index is 0.0727. The monoisotopic (exact) mass is 212 g/mol. The highest BCUT2D eigenvalue weighted by Crippen LogP contribution is 2.10. The summed E-state index contributed by atoms with van der Waals surface area (Å²) in [6.07, 6.45) is 5.81. The Balaban J connectivity index is 2.07. The van der Waals surface area contributed by atoms with Crippen LogP contribution < -0.4 is 0 Å². The first-order valence-electron chi connectivity index (χ1n) is 5.72. The first-order valence-corrected chi connectivity index (χ1v) is 5.72. The molecule has 0 aromatic heterocycles. The molecule has 0 aliphatic heterocycles. The van der Waals surface area contributed by atoms with Gasteiger partial charge in [-0.15, -0.1) is 5.92 Å². The van der Waals surface area contributed by atoms with Crippen LogP contribution in [-0.2, 0) is 9.47 Å². The van der Waals surface area contributed by atoms with E-state index in [1.54, 1.807) is 0 Å². The van der Waals surface area contributed by atoms with Gasteiger partial charge in [0.25, 0.3) is 0 Å². The first kappa shape index (κ1) is 12.5. The van der Waals surface area contributed by atoms with Gasteiger partial charge in [0.2, 0.25) is 0 Å². The molecule has 1 atom stereocenters. The van der Waals surface area contributed by atoms with E-state index in [-0.39, 0.29) is 12.7 Å². The molecule has 15 heavy (non-hydrogen) atoms. The molecular weight excluding hydrogens is 192 g/mol. The van der Waals surface area contributed by atoms with Crippen LogP contribution in [0.4, 0.5) is 0 Å². The van der Waals surface area contributed by atoms with Crippen LogP contribution in [0, 0.1) is 11.8 Å². The Labute approximate surface area is 91.8 Å². The lowest BCUT2D eigenvalue weighted by atomic mass is 10.1. The van der Waals surface area contributed by atoms with Crippen LogP contribution in [0.1, 0.15) is 32.1 Å². The van der Waals surface area contributed by atoms with Gasteiger partial charge >= 0.3 is 0 Å². The van der Waals surface area contributed by atoms with Gasteiger partial charge in [0, 0.05) is 6.42 Å². The van der Waals surface area contributed by atoms with Gasteiger partial charge < -0.3 is 14.6 Å². The molecule has 0 saturated carbocycles. The molecular formula is C12H20O3. The zero-order chi connectivity index (χ0) is 10.8. The fourth-order valence-electron chi connectivity index (χ4n) is 1.52. The third kappa shape index (κ3) is 6.51. The molecule has 0 amide bonds. The van der Waals surface area contributed by atoms with Crippen molar-refractivity contribution in [3.05, 3.63) is 0 Å². The molecule has 1 aliphatic rings. The number of aliphatic hydroxyl groups excluding tert-OH is 1. The minimum atomic E-state index is 0.0727. The average Bonchev–Trinajstić information content (AvgIpc) is 2.20. The summed E-state index contributed by atoms with van der Waals surface area (Å²) in [6, 6.07) is 0. The van der Waals surface area contributed by atoms with Crippen molar-refractivity contribution in [2.45, 2.75) is 38.2 Å². The number of ether oxygens (including phenoxy) is 2. The molecule has 0 aromatic rings. The highest BCUT2D eigenvalue weighted by Gasteiger charge is 2.06. The predicted octanol–water partition coefficient (Wildman–Crippen LogP) is 1.35. The zero-order valence-electron chi connectivity index (χ0n) is 9.21. The Bertz CT molecular complexity index is 205. The van der Waals surface area contributed by atoms with Gasteiger partial charge in [0.05, 0.1) is 26.4 Å². The standard InChI is InChI=1S/C12H20O3/c13-8-9-14-10-11-15-12-6-4-2-1-3-5-7-12/h12-13H,1-4,6,8-11H2. The van der Waals surface area contributed by atoms with Crippen LogP contribution in [0.3, 0.4) is 0 Å². The lowest BCUT2D eigenvalue weighted by Crippen LogP contribution is -2.16. The molecule has 1 rings (SSSR count). The highest BCUT2D eigenvalue weighted by molar-refractivity contribution is 5.05. The van der Waals surface area contributed by atoms with Gasteiger partial charge in [-0.05, 0) is 19.3 Å². The van der Waals surface area contributed by atoms with Crippen molar-refractivity contribution >= 4 is 0 Å². The van der Waals surface area contributed by atoms with Crippen molar-refractivity contribution in [1.29, 1.82) is 0 Å². The Kier molecular flexibility index (Phi) is 7.28. The van der Waals surface area contributed by atoms with Gasteiger partial charge in [-0.2, -0.15) is 0 Å². The van der Waals surface area contributed by atoms with E-state index in [0.29, 0.717) is 19.8 Å². The second kappa shape index (κ2) is 8.72. The number of hydrogen-bond acceptors (Lipinski definition) is 3. The summed E-state index contributed by atoms with van der Waals surface area (Å²) in [7, 11) is 0. The molecule has 3 heteroatoms. The summed E-state index contributed by atoms with van der Waals surface area (Å²) in [4.78, 5) is 0. The summed E-state index contributed by atoms with van der Waals surface area (Å²) in [6.45, 7) is 1.57. The van der Waals surface area contributed by atoms with Crippen LogP contribution in [0.2, 0.25) is 0 Å². The number of rotatable bonds is 6. The molecule has 0 radical (unpaired) electrons. The fourth-order valence-corrected chi connectivity index (χ4v) is 1.52. The lowest BCUT2D eigenvalue weighted by molar-refractivity contribution is 0.0132. The van der Waals surface area contributed by atoms with Crippen LogP contribution in [0.15, 0.2) is 0 Å². The Morgan fingerprint density at radius 3 is 2.93 bits per heavy atom. The van der Waals surface area contributed by atoms with Gasteiger partial charge in [-0.25, -0.2) is 0 Å². The maximum atomic E-state index is 8.49. The Morgan fingerprint density at radius 2 is 2.07 bits per heavy atom. The quantitative estimate of drug-likeness (QED) is 0.533. The molecule has 86 valence electrons. The van der Waals surface area contributed by atoms with E-state index in [0.717, 1.165) is 12.8 Å². The maximum Gasteiger partial charge on any atom is 0.118 e. The molecule has 0 bridgehead atoms. The van der Waals surface area contributed by atoms with Crippen molar-refractivity contribution in [1.82, 2.24) is 0 Å². The van der Waals surface area contributed by atoms with Gasteiger partial charge in [0.15, 0.2) is 0 Å². The first-order chi connectivity index (χ1) is 7.43. The van der Waals surface area contributed by atoms with Crippen molar-refractivity contribution in [3.63, 3.8) is 0 Å². The van der Waals surface area contributed by atoms with E-state index in [2.05, 4.69) is 11.8 Å². The third-order valence-corrected chi connectivity index (χ3v) is 2.31. The van der Waals surface area contributed by atoms with Crippen molar-refractivity contribution in [2.24, 2.45) is 0 Å². The van der Waals surface area contributed by atoms with E-state index in [1.165, 1.54) is 19.3 Å². The van der Waals surface area contributed by atoms with Crippen LogP contribution in [-0.4, -0.2) is 37.6 Å². The largest absolute Gasteiger partial charge is 0.394 e. The summed E-state index contributed by atoms with van der Waals surface area (Å²) in [5.74, 6) is 6.27. The van der Waals surface area contributed by atoms with Crippen LogP contribution in [0.5, 0.6) is 0 Å². The molecule has 0 fully saturated rings. The minimum Gasteiger partial charge on any atom is -0.394 e. The number of aliphatic hydroxyl groups is 1. The van der Waals surface area contributed by atoms with Gasteiger partial charge in [-0.1, -0.05) is 12.3 Å². The molecule has 1 N–H and O–H groups in total. The molecule has 0 spiro atoms. The zero-order valence-corrected chi connectivity index (χ0v) is 9.21. The summed E-state index contributed by atoms with van der Waals surface area (Å²) in [5, 5.41) is 8.49. The maximum absolute atomic E-state index is 8.49. The second-order valence-electron chi connectivity index (χ2n) is 3.62. The molecule has 0 saturated heterocycles. The molecule has 1 unspecified atom stereocenters. The molecule has 1 aliphatic carbocycles. The van der Waals surface area contributed by atoms with Crippen molar-refractivity contribution < 1.29 is 14.6 Å². The van der Waals surface area contributed by atoms with Gasteiger partial charge in [-0.3, -0.25) is 0 Å². The normalized spacial score (nSPS) is 21.3. The van der Waals surface area contributed by atoms with E-state index in [9.17, 15) is 0 Å².